The van der Waals surface area contributed by atoms with Crippen LogP contribution in [0.25, 0.3) is 11.0 Å². The second kappa shape index (κ2) is 11.0. The summed E-state index contributed by atoms with van der Waals surface area (Å²) >= 11 is 0. The summed E-state index contributed by atoms with van der Waals surface area (Å²) in [5, 5.41) is 6.29. The lowest BCUT2D eigenvalue weighted by Crippen LogP contribution is -2.39. The van der Waals surface area contributed by atoms with E-state index in [0.29, 0.717) is 41.5 Å². The van der Waals surface area contributed by atoms with E-state index in [-0.39, 0.29) is 40.7 Å². The molecule has 3 aromatic rings. The van der Waals surface area contributed by atoms with E-state index in [2.05, 4.69) is 40.7 Å². The highest BCUT2D eigenvalue weighted by atomic mass is 32.3. The third-order valence-electron chi connectivity index (χ3n) is 7.95. The van der Waals surface area contributed by atoms with Gasteiger partial charge in [-0.2, -0.15) is 10.6 Å². The second-order valence-corrected chi connectivity index (χ2v) is 14.7. The number of benzene rings is 2. The van der Waals surface area contributed by atoms with Crippen LogP contribution in [-0.4, -0.2) is 48.5 Å². The third-order valence-corrected chi connectivity index (χ3v) is 9.73. The highest BCUT2D eigenvalue weighted by Gasteiger charge is 2.35. The number of aromatic nitrogens is 2. The molecule has 1 amide bonds. The van der Waals surface area contributed by atoms with Crippen molar-refractivity contribution in [1.29, 1.82) is 0 Å². The molecule has 1 saturated heterocycles. The molecule has 0 spiro atoms. The number of fused-ring (bicyclic) bond motifs is 1. The number of hydrogen-bond acceptors (Lipinski definition) is 6. The van der Waals surface area contributed by atoms with Gasteiger partial charge in [0.2, 0.25) is 5.95 Å². The van der Waals surface area contributed by atoms with Crippen LogP contribution >= 0.6 is 10.6 Å². The maximum atomic E-state index is 13.1. The Morgan fingerprint density at radius 1 is 1.10 bits per heavy atom. The van der Waals surface area contributed by atoms with Crippen LogP contribution in [0.1, 0.15) is 69.3 Å². The van der Waals surface area contributed by atoms with Crippen molar-refractivity contribution >= 4 is 39.2 Å². The van der Waals surface area contributed by atoms with Gasteiger partial charge in [0.1, 0.15) is 5.75 Å². The molecule has 0 radical (unpaired) electrons. The Balaban J connectivity index is 1.44. The molecule has 224 valence electrons. The summed E-state index contributed by atoms with van der Waals surface area (Å²) in [5.74, 6) is 1.07. The molecule has 2 aromatic carbocycles. The first-order valence-electron chi connectivity index (χ1n) is 13.9. The molecule has 1 aromatic heterocycles. The quantitative estimate of drug-likeness (QED) is 0.233. The number of nitrogens with one attached hydrogen (secondary N) is 2. The van der Waals surface area contributed by atoms with Gasteiger partial charge in [-0.05, 0) is 85.9 Å². The van der Waals surface area contributed by atoms with Crippen molar-refractivity contribution in [3.05, 3.63) is 48.0 Å². The summed E-state index contributed by atoms with van der Waals surface area (Å²) < 4.78 is 63.7. The minimum atomic E-state index is -4.77. The Morgan fingerprint density at radius 2 is 1.78 bits per heavy atom. The highest BCUT2D eigenvalue weighted by molar-refractivity contribution is 8.24. The first kappa shape index (κ1) is 29.5. The normalized spacial score (nSPS) is 23.6. The predicted molar refractivity (Wildman–Crippen MR) is 155 cm³/mol. The number of imidazole rings is 1. The van der Waals surface area contributed by atoms with Crippen LogP contribution < -0.4 is 15.4 Å². The fourth-order valence-electron chi connectivity index (χ4n) is 6.38. The van der Waals surface area contributed by atoms with Crippen LogP contribution in [-0.2, 0) is 0 Å². The summed E-state index contributed by atoms with van der Waals surface area (Å²) in [6.07, 6.45) is -0.745. The summed E-state index contributed by atoms with van der Waals surface area (Å²) in [4.78, 5) is 17.9. The van der Waals surface area contributed by atoms with E-state index in [0.717, 1.165) is 24.8 Å². The molecule has 2 fully saturated rings. The molecule has 5 rings (SSSR count). The maximum absolute atomic E-state index is 13.1. The SMILES string of the molecule is C[C@@H]1C[C@H](n2c(Nc3ccc(OC(F)(F)F)cc3)nc3cc(C(=O)NC4CCS(O)(O)CC4)ccc32)CC(C)(C)C1. The molecule has 1 aliphatic carbocycles. The zero-order valence-electron chi connectivity index (χ0n) is 23.4. The van der Waals surface area contributed by atoms with Crippen molar-refractivity contribution in [2.45, 2.75) is 71.3 Å². The topological polar surface area (TPSA) is 109 Å². The van der Waals surface area contributed by atoms with Gasteiger partial charge in [0.15, 0.2) is 0 Å². The molecular formula is C29H37F3N4O4S. The first-order valence-corrected chi connectivity index (χ1v) is 15.7. The Bertz CT molecular complexity index is 1400. The zero-order chi connectivity index (χ0) is 29.6. The lowest BCUT2D eigenvalue weighted by atomic mass is 9.70. The molecule has 12 heteroatoms. The Kier molecular flexibility index (Phi) is 7.95. The number of rotatable bonds is 6. The number of alkyl halides is 3. The first-order chi connectivity index (χ1) is 19.2. The van der Waals surface area contributed by atoms with E-state index in [1.807, 2.05) is 6.07 Å². The van der Waals surface area contributed by atoms with Crippen molar-refractivity contribution < 1.29 is 31.8 Å². The molecule has 8 nitrogen and oxygen atoms in total. The minimum Gasteiger partial charge on any atom is -0.406 e. The smallest absolute Gasteiger partial charge is 0.406 e. The molecule has 4 N–H and O–H groups in total. The lowest BCUT2D eigenvalue weighted by molar-refractivity contribution is -0.274. The molecule has 0 unspecified atom stereocenters. The number of ether oxygens (including phenoxy) is 1. The van der Waals surface area contributed by atoms with Gasteiger partial charge in [0.25, 0.3) is 5.91 Å². The third kappa shape index (κ3) is 7.28. The molecular weight excluding hydrogens is 557 g/mol. The second-order valence-electron chi connectivity index (χ2n) is 12.2. The molecule has 0 bridgehead atoms. The molecule has 1 aliphatic heterocycles. The summed E-state index contributed by atoms with van der Waals surface area (Å²) in [6.45, 7) is 6.76. The van der Waals surface area contributed by atoms with Crippen molar-refractivity contribution in [2.24, 2.45) is 11.3 Å². The van der Waals surface area contributed by atoms with Gasteiger partial charge in [-0.3, -0.25) is 13.9 Å². The minimum absolute atomic E-state index is 0.120. The standard InChI is InChI=1S/C29H37F3N4O4S/c1-18-14-22(17-28(2,3)16-18)36-25-9-4-19(26(37)33-21-10-12-41(38,39)13-11-21)15-24(25)35-27(36)34-20-5-7-23(8-6-20)40-29(30,31)32/h4-9,15,18,21-22,38-39H,10-14,16-17H2,1-3H3,(H,33,37)(H,34,35)/t18-,22+/m1/s1. The molecule has 41 heavy (non-hydrogen) atoms. The summed E-state index contributed by atoms with van der Waals surface area (Å²) in [5.41, 5.74) is 2.63. The number of carbonyl (C=O) groups excluding carboxylic acids is 1. The van der Waals surface area contributed by atoms with Crippen molar-refractivity contribution in [2.75, 3.05) is 16.8 Å². The van der Waals surface area contributed by atoms with Crippen molar-refractivity contribution in [1.82, 2.24) is 14.9 Å². The van der Waals surface area contributed by atoms with Crippen molar-refractivity contribution in [3.8, 4) is 5.75 Å². The van der Waals surface area contributed by atoms with E-state index in [1.54, 1.807) is 12.1 Å². The number of carbonyl (C=O) groups is 1. The summed E-state index contributed by atoms with van der Waals surface area (Å²) in [6, 6.07) is 11.0. The van der Waals surface area contributed by atoms with Crippen LogP contribution in [0.4, 0.5) is 24.8 Å². The lowest BCUT2D eigenvalue weighted by Gasteiger charge is -2.40. The van der Waals surface area contributed by atoms with E-state index in [9.17, 15) is 27.1 Å². The van der Waals surface area contributed by atoms with Gasteiger partial charge in [0, 0.05) is 34.8 Å². The predicted octanol–water partition coefficient (Wildman–Crippen LogP) is 7.71. The van der Waals surface area contributed by atoms with Gasteiger partial charge < -0.3 is 19.9 Å². The number of nitrogens with zero attached hydrogens (tertiary/aromatic N) is 2. The number of hydrogen-bond donors (Lipinski definition) is 4. The summed E-state index contributed by atoms with van der Waals surface area (Å²) in [7, 11) is -2.53. The average Bonchev–Trinajstić information content (AvgIpc) is 3.21. The van der Waals surface area contributed by atoms with Gasteiger partial charge in [-0.1, -0.05) is 20.8 Å². The largest absolute Gasteiger partial charge is 0.573 e. The van der Waals surface area contributed by atoms with Gasteiger partial charge in [-0.15, -0.1) is 13.2 Å². The number of amides is 1. The molecule has 2 atom stereocenters. The fourth-order valence-corrected chi connectivity index (χ4v) is 7.91. The van der Waals surface area contributed by atoms with Crippen molar-refractivity contribution in [3.63, 3.8) is 0 Å². The van der Waals surface area contributed by atoms with Gasteiger partial charge >= 0.3 is 6.36 Å². The van der Waals surface area contributed by atoms with Crippen LogP contribution in [0.3, 0.4) is 0 Å². The molecule has 1 saturated carbocycles. The average molecular weight is 595 g/mol. The maximum Gasteiger partial charge on any atom is 0.573 e. The number of anilines is 2. The Hall–Kier alpha value is -2.96. The Morgan fingerprint density at radius 3 is 2.41 bits per heavy atom. The zero-order valence-corrected chi connectivity index (χ0v) is 24.2. The van der Waals surface area contributed by atoms with Gasteiger partial charge in [0.05, 0.1) is 11.0 Å². The number of halogens is 3. The van der Waals surface area contributed by atoms with Gasteiger partial charge in [-0.25, -0.2) is 4.98 Å². The van der Waals surface area contributed by atoms with Crippen LogP contribution in [0.15, 0.2) is 42.5 Å². The Labute approximate surface area is 239 Å². The van der Waals surface area contributed by atoms with Crippen LogP contribution in [0.5, 0.6) is 5.75 Å². The van der Waals surface area contributed by atoms with E-state index >= 15 is 0 Å². The van der Waals surface area contributed by atoms with Crippen LogP contribution in [0, 0.1) is 11.3 Å². The highest BCUT2D eigenvalue weighted by Crippen LogP contribution is 2.46. The van der Waals surface area contributed by atoms with E-state index in [4.69, 9.17) is 4.98 Å². The monoisotopic (exact) mass is 594 g/mol. The fraction of sp³-hybridized carbons (Fsp3) is 0.517. The van der Waals surface area contributed by atoms with E-state index < -0.39 is 17.0 Å². The molecule has 2 heterocycles. The van der Waals surface area contributed by atoms with Crippen LogP contribution in [0.2, 0.25) is 0 Å². The molecule has 2 aliphatic rings. The van der Waals surface area contributed by atoms with E-state index in [1.165, 1.54) is 24.3 Å².